The lowest BCUT2D eigenvalue weighted by molar-refractivity contribution is -0.651. The summed E-state index contributed by atoms with van der Waals surface area (Å²) in [6.07, 6.45) is 7.31. The molecule has 4 aromatic rings. The molecule has 0 amide bonds. The molecule has 4 aromatic heterocycles. The SMILES string of the molecule is c1cc2c(cn1)C[n+]1c-2oc2cc3ccncn3c21. The second kappa shape index (κ2) is 3.00. The third kappa shape index (κ3) is 1.03. The Hall–Kier alpha value is -2.69. The van der Waals surface area contributed by atoms with Crippen molar-refractivity contribution in [1.82, 2.24) is 14.4 Å². The molecule has 0 radical (unpaired) electrons. The summed E-state index contributed by atoms with van der Waals surface area (Å²) < 4.78 is 10.2. The van der Waals surface area contributed by atoms with Gasteiger partial charge in [0.15, 0.2) is 6.33 Å². The Morgan fingerprint density at radius 1 is 1.21 bits per heavy atom. The van der Waals surface area contributed by atoms with Crippen molar-refractivity contribution in [2.45, 2.75) is 6.54 Å². The maximum atomic E-state index is 6.01. The van der Waals surface area contributed by atoms with E-state index in [2.05, 4.69) is 18.9 Å². The van der Waals surface area contributed by atoms with Gasteiger partial charge in [0.1, 0.15) is 12.1 Å². The van der Waals surface area contributed by atoms with Gasteiger partial charge >= 0.3 is 5.65 Å². The van der Waals surface area contributed by atoms with E-state index in [0.717, 1.165) is 34.7 Å². The molecule has 0 saturated heterocycles. The van der Waals surface area contributed by atoms with Crippen LogP contribution < -0.4 is 4.57 Å². The van der Waals surface area contributed by atoms with Gasteiger partial charge in [-0.05, 0) is 6.07 Å². The molecule has 0 spiro atoms. The van der Waals surface area contributed by atoms with Gasteiger partial charge in [0.2, 0.25) is 5.58 Å². The van der Waals surface area contributed by atoms with E-state index >= 15 is 0 Å². The minimum Gasteiger partial charge on any atom is -0.414 e. The van der Waals surface area contributed by atoms with Gasteiger partial charge < -0.3 is 4.42 Å². The van der Waals surface area contributed by atoms with Crippen molar-refractivity contribution < 1.29 is 8.98 Å². The van der Waals surface area contributed by atoms with E-state index in [-0.39, 0.29) is 0 Å². The highest BCUT2D eigenvalue weighted by molar-refractivity contribution is 5.79. The van der Waals surface area contributed by atoms with E-state index in [0.29, 0.717) is 0 Å². The molecule has 5 heterocycles. The van der Waals surface area contributed by atoms with Crippen LogP contribution in [0.25, 0.3) is 28.2 Å². The number of pyridine rings is 1. The van der Waals surface area contributed by atoms with Crippen molar-refractivity contribution in [2.75, 3.05) is 0 Å². The molecule has 0 N–H and O–H groups in total. The van der Waals surface area contributed by atoms with Crippen molar-refractivity contribution in [3.05, 3.63) is 48.7 Å². The molecule has 1 aliphatic heterocycles. The van der Waals surface area contributed by atoms with Gasteiger partial charge in [0.25, 0.3) is 5.89 Å². The van der Waals surface area contributed by atoms with Gasteiger partial charge in [-0.1, -0.05) is 0 Å². The smallest absolute Gasteiger partial charge is 0.335 e. The summed E-state index contributed by atoms with van der Waals surface area (Å²) in [6, 6.07) is 6.02. The summed E-state index contributed by atoms with van der Waals surface area (Å²) >= 11 is 0. The van der Waals surface area contributed by atoms with Crippen LogP contribution in [-0.4, -0.2) is 14.4 Å². The quantitative estimate of drug-likeness (QED) is 0.393. The van der Waals surface area contributed by atoms with Gasteiger partial charge in [-0.2, -0.15) is 8.97 Å². The molecule has 0 aliphatic carbocycles. The van der Waals surface area contributed by atoms with E-state index < -0.39 is 0 Å². The number of hydrogen-bond donors (Lipinski definition) is 0. The summed E-state index contributed by atoms with van der Waals surface area (Å²) in [7, 11) is 0. The van der Waals surface area contributed by atoms with Crippen molar-refractivity contribution in [3.63, 3.8) is 0 Å². The predicted octanol–water partition coefficient (Wildman–Crippen LogP) is 1.79. The highest BCUT2D eigenvalue weighted by Gasteiger charge is 2.32. The molecule has 5 heteroatoms. The van der Waals surface area contributed by atoms with Crippen molar-refractivity contribution in [1.29, 1.82) is 0 Å². The Balaban J connectivity index is 1.94. The highest BCUT2D eigenvalue weighted by Crippen LogP contribution is 2.31. The molecule has 0 unspecified atom stereocenters. The Kier molecular flexibility index (Phi) is 1.46. The van der Waals surface area contributed by atoms with E-state index in [9.17, 15) is 0 Å². The van der Waals surface area contributed by atoms with Crippen LogP contribution in [-0.2, 0) is 6.54 Å². The molecule has 5 nitrogen and oxygen atoms in total. The summed E-state index contributed by atoms with van der Waals surface area (Å²) in [6.45, 7) is 0.798. The van der Waals surface area contributed by atoms with Gasteiger partial charge in [-0.25, -0.2) is 4.98 Å². The van der Waals surface area contributed by atoms with Gasteiger partial charge in [0, 0.05) is 36.3 Å². The minimum absolute atomic E-state index is 0.798. The minimum atomic E-state index is 0.798. The first kappa shape index (κ1) is 9.27. The van der Waals surface area contributed by atoms with Gasteiger partial charge in [-0.15, -0.1) is 0 Å². The van der Waals surface area contributed by atoms with Crippen molar-refractivity contribution in [3.8, 4) is 11.5 Å². The first-order valence-corrected chi connectivity index (χ1v) is 6.12. The Labute approximate surface area is 107 Å². The molecule has 0 saturated carbocycles. The van der Waals surface area contributed by atoms with Crippen LogP contribution in [0.15, 0.2) is 47.5 Å². The van der Waals surface area contributed by atoms with Crippen molar-refractivity contribution >= 4 is 16.7 Å². The maximum Gasteiger partial charge on any atom is 0.335 e. The Morgan fingerprint density at radius 3 is 3.16 bits per heavy atom. The molecule has 0 fully saturated rings. The standard InChI is InChI=1S/C14H9N4O/c1-3-16-8-18-10(1)5-12-13(18)17-7-9-6-15-4-2-11(9)14(17)19-12/h1-6,8H,7H2/q+1. The van der Waals surface area contributed by atoms with Crippen LogP contribution in [0.2, 0.25) is 0 Å². The second-order valence-electron chi connectivity index (χ2n) is 4.73. The van der Waals surface area contributed by atoms with Gasteiger partial charge in [-0.3, -0.25) is 4.98 Å². The summed E-state index contributed by atoms with van der Waals surface area (Å²) in [4.78, 5) is 8.36. The van der Waals surface area contributed by atoms with Crippen LogP contribution in [0, 0.1) is 0 Å². The molecule has 0 atom stereocenters. The van der Waals surface area contributed by atoms with Crippen LogP contribution in [0.1, 0.15) is 5.56 Å². The summed E-state index contributed by atoms with van der Waals surface area (Å²) in [5.41, 5.74) is 5.36. The fourth-order valence-corrected chi connectivity index (χ4v) is 2.86. The fraction of sp³-hybridized carbons (Fsp3) is 0.0714. The fourth-order valence-electron chi connectivity index (χ4n) is 2.86. The molecular weight excluding hydrogens is 240 g/mol. The Bertz CT molecular complexity index is 951. The average Bonchev–Trinajstić information content (AvgIpc) is 3.05. The molecule has 5 rings (SSSR count). The van der Waals surface area contributed by atoms with E-state index in [1.54, 1.807) is 12.4 Å². The lowest BCUT2D eigenvalue weighted by Crippen LogP contribution is -2.31. The summed E-state index contributed by atoms with van der Waals surface area (Å²) in [5.74, 6) is 0.903. The van der Waals surface area contributed by atoms with Gasteiger partial charge in [0.05, 0.1) is 5.56 Å². The van der Waals surface area contributed by atoms with Crippen LogP contribution in [0.4, 0.5) is 0 Å². The zero-order valence-corrected chi connectivity index (χ0v) is 9.95. The maximum absolute atomic E-state index is 6.01. The first-order valence-electron chi connectivity index (χ1n) is 6.12. The molecule has 0 bridgehead atoms. The number of aromatic nitrogens is 4. The molecule has 0 aromatic carbocycles. The topological polar surface area (TPSA) is 47.2 Å². The number of fused-ring (bicyclic) bond motifs is 7. The monoisotopic (exact) mass is 249 g/mol. The van der Waals surface area contributed by atoms with E-state index in [4.69, 9.17) is 4.42 Å². The number of hydrogen-bond acceptors (Lipinski definition) is 3. The highest BCUT2D eigenvalue weighted by atomic mass is 16.4. The predicted molar refractivity (Wildman–Crippen MR) is 67.5 cm³/mol. The third-order valence-electron chi connectivity index (χ3n) is 3.69. The molecule has 90 valence electrons. The van der Waals surface area contributed by atoms with Crippen LogP contribution in [0.3, 0.4) is 0 Å². The number of rotatable bonds is 0. The van der Waals surface area contributed by atoms with Crippen LogP contribution in [0.5, 0.6) is 0 Å². The molecule has 19 heavy (non-hydrogen) atoms. The second-order valence-corrected chi connectivity index (χ2v) is 4.73. The normalized spacial score (nSPS) is 13.1. The van der Waals surface area contributed by atoms with Crippen LogP contribution >= 0.6 is 0 Å². The van der Waals surface area contributed by atoms with E-state index in [1.807, 2.05) is 30.7 Å². The number of oxazole rings is 1. The lowest BCUT2D eigenvalue weighted by atomic mass is 10.2. The lowest BCUT2D eigenvalue weighted by Gasteiger charge is -1.90. The third-order valence-corrected chi connectivity index (χ3v) is 3.69. The zero-order valence-electron chi connectivity index (χ0n) is 9.95. The Morgan fingerprint density at radius 2 is 2.16 bits per heavy atom. The largest absolute Gasteiger partial charge is 0.414 e. The van der Waals surface area contributed by atoms with Crippen molar-refractivity contribution in [2.24, 2.45) is 0 Å². The summed E-state index contributed by atoms with van der Waals surface area (Å²) in [5, 5.41) is 0. The van der Waals surface area contributed by atoms with E-state index in [1.165, 1.54) is 5.56 Å². The average molecular weight is 249 g/mol. The zero-order chi connectivity index (χ0) is 12.4. The molecule has 1 aliphatic rings. The first-order chi connectivity index (χ1) is 9.42. The molecular formula is C14H9N4O+. The number of nitrogens with zero attached hydrogens (tertiary/aromatic N) is 4.